The third-order valence-electron chi connectivity index (χ3n) is 6.24. The zero-order valence-corrected chi connectivity index (χ0v) is 25.2. The number of para-hydroxylation sites is 1. The molecule has 0 atom stereocenters. The molecule has 8 heteroatoms. The van der Waals surface area contributed by atoms with Crippen molar-refractivity contribution >= 4 is 67.8 Å². The smallest absolute Gasteiger partial charge is 0.255 e. The summed E-state index contributed by atoms with van der Waals surface area (Å²) < 4.78 is 4.29. The molecule has 6 nitrogen and oxygen atoms in total. The van der Waals surface area contributed by atoms with Gasteiger partial charge in [-0.1, -0.05) is 18.2 Å². The summed E-state index contributed by atoms with van der Waals surface area (Å²) in [5, 5.41) is 5.85. The van der Waals surface area contributed by atoms with Crippen LogP contribution in [-0.2, 0) is 13.1 Å². The number of carbonyl (C=O) groups is 1. The maximum atomic E-state index is 12.8. The van der Waals surface area contributed by atoms with E-state index in [-0.39, 0.29) is 39.9 Å². The van der Waals surface area contributed by atoms with Crippen molar-refractivity contribution in [3.05, 3.63) is 126 Å². The summed E-state index contributed by atoms with van der Waals surface area (Å²) in [6.07, 6.45) is 6.08. The Kier molecular flexibility index (Phi) is 10.6. The zero-order chi connectivity index (χ0) is 25.6. The third-order valence-corrected chi connectivity index (χ3v) is 6.24. The number of halogens is 2. The van der Waals surface area contributed by atoms with Gasteiger partial charge in [-0.3, -0.25) is 4.79 Å². The summed E-state index contributed by atoms with van der Waals surface area (Å²) in [5.41, 5.74) is 4.07. The molecule has 0 saturated heterocycles. The Bertz CT molecular complexity index is 1670. The number of aromatic nitrogens is 2. The molecule has 0 fully saturated rings. The number of nitrogens with one attached hydrogen (secondary N) is 1. The van der Waals surface area contributed by atoms with Gasteiger partial charge in [0.1, 0.15) is 0 Å². The van der Waals surface area contributed by atoms with Gasteiger partial charge in [0.25, 0.3) is 5.91 Å². The predicted octanol–water partition coefficient (Wildman–Crippen LogP) is 7.36. The number of fused-ring (bicyclic) bond motifs is 1. The van der Waals surface area contributed by atoms with Crippen LogP contribution in [0.4, 0.5) is 17.1 Å². The Hall–Kier alpha value is -3.75. The molecule has 1 N–H and O–H groups in total. The van der Waals surface area contributed by atoms with Crippen LogP contribution in [0.5, 0.6) is 0 Å². The lowest BCUT2D eigenvalue weighted by Gasteiger charge is -2.08. The topological polar surface area (TPSA) is 63.7 Å². The number of aryl methyl sites for hydroxylation is 2. The van der Waals surface area contributed by atoms with Gasteiger partial charge < -0.3 is 14.5 Å². The highest BCUT2D eigenvalue weighted by Gasteiger charge is 2.06. The highest BCUT2D eigenvalue weighted by atomic mass is 79.9. The van der Waals surface area contributed by atoms with Gasteiger partial charge >= 0.3 is 0 Å². The van der Waals surface area contributed by atoms with Crippen molar-refractivity contribution in [1.82, 2.24) is 9.13 Å². The Morgan fingerprint density at radius 2 is 1.36 bits per heavy atom. The van der Waals surface area contributed by atoms with Gasteiger partial charge in [-0.15, -0.1) is 34.0 Å². The van der Waals surface area contributed by atoms with E-state index in [2.05, 4.69) is 51.6 Å². The van der Waals surface area contributed by atoms with Gasteiger partial charge in [0.2, 0.25) is 0 Å². The maximum absolute atomic E-state index is 12.8. The second-order valence-corrected chi connectivity index (χ2v) is 8.66. The number of amides is 1. The van der Waals surface area contributed by atoms with Gasteiger partial charge in [0, 0.05) is 48.3 Å². The van der Waals surface area contributed by atoms with Gasteiger partial charge in [-0.05, 0) is 86.6 Å². The number of carbonyl (C=O) groups excluding carboxylic acids is 1. The van der Waals surface area contributed by atoms with E-state index in [0.717, 1.165) is 51.8 Å². The van der Waals surface area contributed by atoms with Crippen LogP contribution < -0.4 is 16.0 Å². The third kappa shape index (κ3) is 7.22. The lowest BCUT2D eigenvalue weighted by molar-refractivity contribution is 0.102. The fourth-order valence-corrected chi connectivity index (χ4v) is 4.18. The normalized spacial score (nSPS) is 10.9. The highest BCUT2D eigenvalue weighted by Crippen LogP contribution is 2.18. The molecular weight excluding hydrogens is 618 g/mol. The van der Waals surface area contributed by atoms with E-state index in [1.807, 2.05) is 79.1 Å². The average molecular weight is 649 g/mol. The number of benzene rings is 3. The van der Waals surface area contributed by atoms with Crippen LogP contribution in [0.2, 0.25) is 0 Å². The molecule has 200 valence electrons. The van der Waals surface area contributed by atoms with E-state index >= 15 is 0 Å². The molecule has 1 amide bonds. The second kappa shape index (κ2) is 13.9. The monoisotopic (exact) mass is 647 g/mol. The van der Waals surface area contributed by atoms with E-state index in [9.17, 15) is 4.79 Å². The molecule has 5 aromatic rings. The van der Waals surface area contributed by atoms with Crippen LogP contribution >= 0.6 is 34.0 Å². The van der Waals surface area contributed by atoms with E-state index in [4.69, 9.17) is 4.99 Å². The van der Waals surface area contributed by atoms with Crippen LogP contribution in [0.15, 0.2) is 120 Å². The molecule has 2 heterocycles. The van der Waals surface area contributed by atoms with Crippen LogP contribution in [-0.4, -0.2) is 15.0 Å². The van der Waals surface area contributed by atoms with E-state index in [1.54, 1.807) is 12.1 Å². The minimum Gasteiger partial charge on any atom is -0.354 e. The van der Waals surface area contributed by atoms with Crippen molar-refractivity contribution in [2.24, 2.45) is 9.98 Å². The van der Waals surface area contributed by atoms with Crippen LogP contribution in [0.25, 0.3) is 10.9 Å². The maximum Gasteiger partial charge on any atom is 0.255 e. The summed E-state index contributed by atoms with van der Waals surface area (Å²) in [6, 6.07) is 29.1. The number of anilines is 1. The summed E-state index contributed by atoms with van der Waals surface area (Å²) in [7, 11) is 0. The van der Waals surface area contributed by atoms with Gasteiger partial charge in [0.15, 0.2) is 0 Å². The fourth-order valence-electron chi connectivity index (χ4n) is 4.18. The molecule has 0 unspecified atom stereocenters. The molecule has 0 bridgehead atoms. The standard InChI is InChI=1S/C31H29N5O.2BrH/c1-3-35-20-17-27(18-21-35)32-24-13-15-26(16-14-24)34-31(37)23-9-11-25(12-10-23)33-29-19-22-36(4-2)30-8-6-5-7-28(29)30;;/h5-22H,3-4H2,1-2H3,(H,34,37);2*1H. The molecule has 2 aromatic heterocycles. The largest absolute Gasteiger partial charge is 0.354 e. The van der Waals surface area contributed by atoms with Crippen molar-refractivity contribution < 1.29 is 4.79 Å². The van der Waals surface area contributed by atoms with E-state index in [1.165, 1.54) is 0 Å². The number of rotatable bonds is 6. The molecule has 0 spiro atoms. The zero-order valence-electron chi connectivity index (χ0n) is 21.8. The number of nitrogens with zero attached hydrogens (tertiary/aromatic N) is 4. The first kappa shape index (κ1) is 29.8. The molecule has 5 rings (SSSR count). The van der Waals surface area contributed by atoms with Gasteiger partial charge in [0.05, 0.1) is 27.6 Å². The molecule has 39 heavy (non-hydrogen) atoms. The summed E-state index contributed by atoms with van der Waals surface area (Å²) in [6.45, 7) is 6.05. The van der Waals surface area contributed by atoms with Crippen LogP contribution in [0.3, 0.4) is 0 Å². The minimum atomic E-state index is -0.169. The first-order valence-corrected chi connectivity index (χ1v) is 12.5. The van der Waals surface area contributed by atoms with Crippen molar-refractivity contribution in [1.29, 1.82) is 0 Å². The number of hydrogen-bond acceptors (Lipinski definition) is 3. The van der Waals surface area contributed by atoms with E-state index < -0.39 is 0 Å². The van der Waals surface area contributed by atoms with Crippen molar-refractivity contribution in [2.75, 3.05) is 5.32 Å². The van der Waals surface area contributed by atoms with Gasteiger partial charge in [-0.25, -0.2) is 9.98 Å². The molecular formula is C31H31Br2N5O. The molecule has 3 aromatic carbocycles. The molecule has 0 radical (unpaired) electrons. The Labute approximate surface area is 248 Å². The predicted molar refractivity (Wildman–Crippen MR) is 170 cm³/mol. The van der Waals surface area contributed by atoms with Crippen molar-refractivity contribution in [3.63, 3.8) is 0 Å². The quantitative estimate of drug-likeness (QED) is 0.206. The Morgan fingerprint density at radius 1 is 0.718 bits per heavy atom. The SMILES string of the molecule is Br.Br.CCn1ccc(=Nc2ccc(NC(=O)c3ccc(N=c4ccn(CC)c5ccccc45)cc3)cc2)cc1. The van der Waals surface area contributed by atoms with Gasteiger partial charge in [-0.2, -0.15) is 0 Å². The number of pyridine rings is 2. The Morgan fingerprint density at radius 3 is 2.03 bits per heavy atom. The van der Waals surface area contributed by atoms with Crippen LogP contribution in [0, 0.1) is 0 Å². The molecule has 0 aliphatic carbocycles. The summed E-state index contributed by atoms with van der Waals surface area (Å²) in [5.74, 6) is -0.169. The lowest BCUT2D eigenvalue weighted by atomic mass is 10.1. The molecule has 0 aliphatic rings. The average Bonchev–Trinajstić information content (AvgIpc) is 2.95. The second-order valence-electron chi connectivity index (χ2n) is 8.66. The summed E-state index contributed by atoms with van der Waals surface area (Å²) in [4.78, 5) is 22.3. The van der Waals surface area contributed by atoms with E-state index in [0.29, 0.717) is 5.56 Å². The fraction of sp³-hybridized carbons (Fsp3) is 0.129. The minimum absolute atomic E-state index is 0. The molecule has 0 saturated carbocycles. The first-order chi connectivity index (χ1) is 18.1. The lowest BCUT2D eigenvalue weighted by Crippen LogP contribution is -2.11. The van der Waals surface area contributed by atoms with Crippen molar-refractivity contribution in [3.8, 4) is 0 Å². The van der Waals surface area contributed by atoms with Crippen LogP contribution in [0.1, 0.15) is 24.2 Å². The molecule has 0 aliphatic heterocycles. The highest BCUT2D eigenvalue weighted by molar-refractivity contribution is 8.93. The summed E-state index contributed by atoms with van der Waals surface area (Å²) >= 11 is 0. The first-order valence-electron chi connectivity index (χ1n) is 12.5. The Balaban J connectivity index is 0.00000210. The van der Waals surface area contributed by atoms with Crippen molar-refractivity contribution in [2.45, 2.75) is 26.9 Å². The number of hydrogen-bond donors (Lipinski definition) is 1.